The van der Waals surface area contributed by atoms with Crippen molar-refractivity contribution in [2.24, 2.45) is 0 Å². The zero-order valence-electron chi connectivity index (χ0n) is 16.0. The maximum Gasteiger partial charge on any atom is 0.276 e. The number of aromatic nitrogens is 4. The number of para-hydroxylation sites is 1. The number of carbonyl (C=O) groups is 1. The Balaban J connectivity index is 1.74. The summed E-state index contributed by atoms with van der Waals surface area (Å²) in [5.74, 6) is 0.425. The van der Waals surface area contributed by atoms with Gasteiger partial charge in [0.05, 0.1) is 18.9 Å². The van der Waals surface area contributed by atoms with E-state index in [1.165, 1.54) is 0 Å². The smallest absolute Gasteiger partial charge is 0.276 e. The molecule has 3 heterocycles. The molecule has 3 aromatic rings. The Bertz CT molecular complexity index is 989. The van der Waals surface area contributed by atoms with Crippen molar-refractivity contribution in [3.63, 3.8) is 0 Å². The highest BCUT2D eigenvalue weighted by atomic mass is 16.5. The summed E-state index contributed by atoms with van der Waals surface area (Å²) < 4.78 is 5.42. The third kappa shape index (κ3) is 4.14. The Morgan fingerprint density at radius 1 is 1.10 bits per heavy atom. The molecule has 0 saturated carbocycles. The van der Waals surface area contributed by atoms with E-state index in [4.69, 9.17) is 10.5 Å². The van der Waals surface area contributed by atoms with Crippen LogP contribution in [0.15, 0.2) is 48.8 Å². The number of nitrogens with two attached hydrogens (primary N) is 1. The Hall–Kier alpha value is -3.59. The normalized spacial score (nSPS) is 13.9. The first-order valence-electron chi connectivity index (χ1n) is 9.24. The van der Waals surface area contributed by atoms with Crippen molar-refractivity contribution in [2.45, 2.75) is 0 Å². The molecular formula is C20H21N7O2. The fourth-order valence-electron chi connectivity index (χ4n) is 3.01. The van der Waals surface area contributed by atoms with Crippen molar-refractivity contribution in [1.29, 1.82) is 0 Å². The molecular weight excluding hydrogens is 370 g/mol. The van der Waals surface area contributed by atoms with Crippen LogP contribution in [0.3, 0.4) is 0 Å². The van der Waals surface area contributed by atoms with Crippen LogP contribution in [0.2, 0.25) is 0 Å². The second-order valence-corrected chi connectivity index (χ2v) is 6.57. The van der Waals surface area contributed by atoms with Gasteiger partial charge in [0.25, 0.3) is 5.91 Å². The lowest BCUT2D eigenvalue weighted by atomic mass is 10.2. The van der Waals surface area contributed by atoms with Gasteiger partial charge < -0.3 is 20.3 Å². The van der Waals surface area contributed by atoms with Crippen LogP contribution in [0.25, 0.3) is 11.3 Å². The van der Waals surface area contributed by atoms with Gasteiger partial charge in [-0.3, -0.25) is 4.79 Å². The molecule has 0 aliphatic carbocycles. The molecule has 1 fully saturated rings. The zero-order valence-corrected chi connectivity index (χ0v) is 16.0. The van der Waals surface area contributed by atoms with Crippen LogP contribution in [-0.2, 0) is 4.74 Å². The predicted octanol–water partition coefficient (Wildman–Crippen LogP) is 1.63. The molecule has 29 heavy (non-hydrogen) atoms. The number of hydrogen-bond acceptors (Lipinski definition) is 8. The van der Waals surface area contributed by atoms with Crippen molar-refractivity contribution < 1.29 is 9.53 Å². The third-order valence-corrected chi connectivity index (χ3v) is 4.64. The van der Waals surface area contributed by atoms with Gasteiger partial charge in [-0.1, -0.05) is 18.2 Å². The summed E-state index contributed by atoms with van der Waals surface area (Å²) in [6, 6.07) is 11.1. The minimum atomic E-state index is -0.231. The van der Waals surface area contributed by atoms with E-state index in [2.05, 4.69) is 19.9 Å². The van der Waals surface area contributed by atoms with Crippen molar-refractivity contribution in [3.05, 3.63) is 54.5 Å². The lowest BCUT2D eigenvalue weighted by Gasteiger charge is -2.27. The molecule has 0 spiro atoms. The molecule has 0 unspecified atom stereocenters. The lowest BCUT2D eigenvalue weighted by molar-refractivity contribution is 0.0988. The number of nitrogen functional groups attached to an aromatic ring is 1. The highest BCUT2D eigenvalue weighted by Crippen LogP contribution is 2.22. The quantitative estimate of drug-likeness (QED) is 0.714. The number of rotatable bonds is 4. The van der Waals surface area contributed by atoms with Gasteiger partial charge in [-0.25, -0.2) is 19.9 Å². The Labute approximate surface area is 168 Å². The molecule has 148 valence electrons. The second-order valence-electron chi connectivity index (χ2n) is 6.57. The van der Waals surface area contributed by atoms with E-state index in [0.29, 0.717) is 49.2 Å². The van der Waals surface area contributed by atoms with Crippen LogP contribution in [-0.4, -0.2) is 59.2 Å². The fraction of sp³-hybridized carbons (Fsp3) is 0.250. The Morgan fingerprint density at radius 2 is 1.79 bits per heavy atom. The van der Waals surface area contributed by atoms with E-state index in [0.717, 1.165) is 5.69 Å². The van der Waals surface area contributed by atoms with Crippen molar-refractivity contribution in [2.75, 3.05) is 48.9 Å². The van der Waals surface area contributed by atoms with Crippen LogP contribution >= 0.6 is 0 Å². The molecule has 0 bridgehead atoms. The average Bonchev–Trinajstić information content (AvgIpc) is 2.79. The van der Waals surface area contributed by atoms with Crippen LogP contribution in [0.5, 0.6) is 0 Å². The van der Waals surface area contributed by atoms with Crippen molar-refractivity contribution >= 4 is 23.5 Å². The molecule has 1 aliphatic rings. The largest absolute Gasteiger partial charge is 0.378 e. The van der Waals surface area contributed by atoms with Gasteiger partial charge in [-0.15, -0.1) is 0 Å². The molecule has 9 nitrogen and oxygen atoms in total. The fourth-order valence-corrected chi connectivity index (χ4v) is 3.01. The van der Waals surface area contributed by atoms with Crippen LogP contribution in [0.1, 0.15) is 10.5 Å². The molecule has 0 radical (unpaired) electrons. The van der Waals surface area contributed by atoms with E-state index in [9.17, 15) is 4.79 Å². The number of morpholine rings is 1. The summed E-state index contributed by atoms with van der Waals surface area (Å²) in [5.41, 5.74) is 7.89. The van der Waals surface area contributed by atoms with E-state index in [1.807, 2.05) is 35.2 Å². The SMILES string of the molecule is CN(C(=O)c1cc(-c2cnc(N)nc2)nc(N2CCOCC2)n1)c1ccccc1. The van der Waals surface area contributed by atoms with E-state index < -0.39 is 0 Å². The topological polar surface area (TPSA) is 110 Å². The number of benzene rings is 1. The average molecular weight is 391 g/mol. The first kappa shape index (κ1) is 18.8. The Kier molecular flexibility index (Phi) is 5.30. The highest BCUT2D eigenvalue weighted by Gasteiger charge is 2.21. The molecule has 4 rings (SSSR count). The van der Waals surface area contributed by atoms with E-state index in [-0.39, 0.29) is 11.9 Å². The molecule has 1 amide bonds. The first-order valence-corrected chi connectivity index (χ1v) is 9.24. The summed E-state index contributed by atoms with van der Waals surface area (Å²) in [6.45, 7) is 2.49. The molecule has 1 aromatic carbocycles. The molecule has 9 heteroatoms. The number of anilines is 3. The van der Waals surface area contributed by atoms with E-state index >= 15 is 0 Å². The summed E-state index contributed by atoms with van der Waals surface area (Å²) in [7, 11) is 1.72. The van der Waals surface area contributed by atoms with Crippen molar-refractivity contribution in [3.8, 4) is 11.3 Å². The van der Waals surface area contributed by atoms with Gasteiger partial charge in [0.15, 0.2) is 0 Å². The molecule has 0 atom stereocenters. The molecule has 2 N–H and O–H groups in total. The summed E-state index contributed by atoms with van der Waals surface area (Å²) >= 11 is 0. The first-order chi connectivity index (χ1) is 14.1. The van der Waals surface area contributed by atoms with Gasteiger partial charge in [-0.2, -0.15) is 0 Å². The number of carbonyl (C=O) groups excluding carboxylic acids is 1. The van der Waals surface area contributed by atoms with Crippen LogP contribution < -0.4 is 15.5 Å². The van der Waals surface area contributed by atoms with E-state index in [1.54, 1.807) is 30.4 Å². The lowest BCUT2D eigenvalue weighted by Crippen LogP contribution is -2.38. The number of amides is 1. The van der Waals surface area contributed by atoms with Crippen LogP contribution in [0, 0.1) is 0 Å². The van der Waals surface area contributed by atoms with Gasteiger partial charge in [0, 0.05) is 43.8 Å². The highest BCUT2D eigenvalue weighted by molar-refractivity contribution is 6.05. The number of hydrogen-bond donors (Lipinski definition) is 1. The monoisotopic (exact) mass is 391 g/mol. The van der Waals surface area contributed by atoms with Crippen LogP contribution in [0.4, 0.5) is 17.6 Å². The Morgan fingerprint density at radius 3 is 2.48 bits per heavy atom. The van der Waals surface area contributed by atoms with Gasteiger partial charge in [0.2, 0.25) is 11.9 Å². The molecule has 1 saturated heterocycles. The summed E-state index contributed by atoms with van der Waals surface area (Å²) in [4.78, 5) is 34.0. The molecule has 2 aromatic heterocycles. The van der Waals surface area contributed by atoms with Gasteiger partial charge in [0.1, 0.15) is 5.69 Å². The number of nitrogens with zero attached hydrogens (tertiary/aromatic N) is 6. The number of ether oxygens (including phenoxy) is 1. The standard InChI is InChI=1S/C20H21N7O2/c1-26(15-5-3-2-4-6-15)18(28)17-11-16(14-12-22-19(21)23-13-14)24-20(25-17)27-7-9-29-10-8-27/h2-6,11-13H,7-10H2,1H3,(H2,21,22,23). The zero-order chi connectivity index (χ0) is 20.2. The predicted molar refractivity (Wildman–Crippen MR) is 110 cm³/mol. The van der Waals surface area contributed by atoms with Crippen molar-refractivity contribution in [1.82, 2.24) is 19.9 Å². The van der Waals surface area contributed by atoms with Gasteiger partial charge in [-0.05, 0) is 18.2 Å². The minimum Gasteiger partial charge on any atom is -0.378 e. The molecule has 1 aliphatic heterocycles. The second kappa shape index (κ2) is 8.19. The summed E-state index contributed by atoms with van der Waals surface area (Å²) in [6.07, 6.45) is 3.17. The maximum absolute atomic E-state index is 13.2. The third-order valence-electron chi connectivity index (χ3n) is 4.64. The summed E-state index contributed by atoms with van der Waals surface area (Å²) in [5, 5.41) is 0. The van der Waals surface area contributed by atoms with Gasteiger partial charge >= 0.3 is 0 Å². The maximum atomic E-state index is 13.2. The minimum absolute atomic E-state index is 0.177.